The van der Waals surface area contributed by atoms with Crippen LogP contribution in [0.15, 0.2) is 46.3 Å². The van der Waals surface area contributed by atoms with E-state index in [9.17, 15) is 13.2 Å². The van der Waals surface area contributed by atoms with Crippen LogP contribution in [0.3, 0.4) is 0 Å². The molecule has 0 unspecified atom stereocenters. The summed E-state index contributed by atoms with van der Waals surface area (Å²) >= 11 is 1.48. The molecule has 0 bridgehead atoms. The van der Waals surface area contributed by atoms with Crippen LogP contribution in [0.1, 0.15) is 41.3 Å². The molecule has 1 heterocycles. The molecule has 0 fully saturated rings. The molecule has 0 N–H and O–H groups in total. The fourth-order valence-corrected chi connectivity index (χ4v) is 5.64. The van der Waals surface area contributed by atoms with Crippen LogP contribution >= 0.6 is 11.3 Å². The number of nitrogens with zero attached hydrogens (tertiary/aromatic N) is 3. The first kappa shape index (κ1) is 22.4. The summed E-state index contributed by atoms with van der Waals surface area (Å²) in [5.74, 6) is -0.393. The lowest BCUT2D eigenvalue weighted by atomic mass is 10.1. The van der Waals surface area contributed by atoms with Gasteiger partial charge in [0.05, 0.1) is 15.1 Å². The van der Waals surface area contributed by atoms with E-state index in [0.717, 1.165) is 34.2 Å². The fourth-order valence-electron chi connectivity index (χ4n) is 3.27. The Balaban J connectivity index is 1.92. The average Bonchev–Trinajstić information content (AvgIpc) is 3.06. The Kier molecular flexibility index (Phi) is 6.59. The second kappa shape index (κ2) is 8.83. The molecule has 0 saturated heterocycles. The van der Waals surface area contributed by atoms with E-state index in [4.69, 9.17) is 0 Å². The van der Waals surface area contributed by atoms with E-state index < -0.39 is 15.9 Å². The van der Waals surface area contributed by atoms with Gasteiger partial charge in [-0.15, -0.1) is 0 Å². The standard InChI is InChI=1S/C22H27N3O3S2/c1-6-7-14-24(4)30(27,28)18-12-10-17(11-13-18)21(26)23-22-25(5)19-15(2)8-9-16(3)20(19)29-22/h8-13H,6-7,14H2,1-5H3. The second-order valence-electron chi connectivity index (χ2n) is 7.44. The molecule has 1 aromatic heterocycles. The van der Waals surface area contributed by atoms with Crippen molar-refractivity contribution in [1.29, 1.82) is 0 Å². The molecule has 30 heavy (non-hydrogen) atoms. The largest absolute Gasteiger partial charge is 0.319 e. The Hall–Kier alpha value is -2.29. The number of rotatable bonds is 6. The van der Waals surface area contributed by atoms with Gasteiger partial charge in [0.25, 0.3) is 5.91 Å². The summed E-state index contributed by atoms with van der Waals surface area (Å²) in [6.45, 7) is 6.57. The van der Waals surface area contributed by atoms with Gasteiger partial charge in [0.2, 0.25) is 10.0 Å². The number of hydrogen-bond donors (Lipinski definition) is 0. The number of benzene rings is 2. The smallest absolute Gasteiger partial charge is 0.279 e. The Morgan fingerprint density at radius 2 is 1.73 bits per heavy atom. The van der Waals surface area contributed by atoms with E-state index in [1.165, 1.54) is 39.9 Å². The number of thiazole rings is 1. The van der Waals surface area contributed by atoms with E-state index >= 15 is 0 Å². The van der Waals surface area contributed by atoms with E-state index in [1.54, 1.807) is 7.05 Å². The Morgan fingerprint density at radius 3 is 2.33 bits per heavy atom. The monoisotopic (exact) mass is 445 g/mol. The highest BCUT2D eigenvalue weighted by molar-refractivity contribution is 7.89. The van der Waals surface area contributed by atoms with Crippen molar-refractivity contribution in [3.05, 3.63) is 57.9 Å². The van der Waals surface area contributed by atoms with Crippen LogP contribution < -0.4 is 4.80 Å². The fraction of sp³-hybridized carbons (Fsp3) is 0.364. The van der Waals surface area contributed by atoms with Gasteiger partial charge in [0, 0.05) is 26.2 Å². The molecule has 160 valence electrons. The first-order valence-electron chi connectivity index (χ1n) is 9.88. The minimum absolute atomic E-state index is 0.177. The molecule has 0 aliphatic rings. The van der Waals surface area contributed by atoms with E-state index in [2.05, 4.69) is 17.1 Å². The number of sulfonamides is 1. The third-order valence-corrected chi connectivity index (χ3v) is 8.32. The van der Waals surface area contributed by atoms with Gasteiger partial charge in [-0.25, -0.2) is 12.7 Å². The number of amides is 1. The van der Waals surface area contributed by atoms with Crippen molar-refractivity contribution in [2.75, 3.05) is 13.6 Å². The number of carbonyl (C=O) groups excluding carboxylic acids is 1. The number of carbonyl (C=O) groups is 1. The molecule has 0 aliphatic heterocycles. The zero-order chi connectivity index (χ0) is 22.1. The van der Waals surface area contributed by atoms with Crippen LogP contribution in [0.2, 0.25) is 0 Å². The first-order chi connectivity index (χ1) is 14.2. The van der Waals surface area contributed by atoms with Crippen molar-refractivity contribution >= 4 is 37.5 Å². The van der Waals surface area contributed by atoms with Gasteiger partial charge >= 0.3 is 0 Å². The highest BCUT2D eigenvalue weighted by Crippen LogP contribution is 2.24. The zero-order valence-corrected chi connectivity index (χ0v) is 19.6. The van der Waals surface area contributed by atoms with Crippen molar-refractivity contribution < 1.29 is 13.2 Å². The molecule has 2 aromatic carbocycles. The summed E-state index contributed by atoms with van der Waals surface area (Å²) in [7, 11) is -0.0806. The molecular formula is C22H27N3O3S2. The van der Waals surface area contributed by atoms with Gasteiger partial charge in [-0.3, -0.25) is 4.79 Å². The molecule has 1 amide bonds. The first-order valence-corrected chi connectivity index (χ1v) is 12.1. The van der Waals surface area contributed by atoms with Gasteiger partial charge in [-0.1, -0.05) is 36.8 Å². The van der Waals surface area contributed by atoms with Crippen molar-refractivity contribution in [1.82, 2.24) is 8.87 Å². The lowest BCUT2D eigenvalue weighted by Crippen LogP contribution is -2.27. The maximum Gasteiger partial charge on any atom is 0.279 e. The maximum atomic E-state index is 12.7. The Morgan fingerprint density at radius 1 is 1.10 bits per heavy atom. The maximum absolute atomic E-state index is 12.7. The lowest BCUT2D eigenvalue weighted by Gasteiger charge is -2.16. The highest BCUT2D eigenvalue weighted by atomic mass is 32.2. The summed E-state index contributed by atoms with van der Waals surface area (Å²) < 4.78 is 29.7. The van der Waals surface area contributed by atoms with Crippen LogP contribution in [0, 0.1) is 13.8 Å². The van der Waals surface area contributed by atoms with Gasteiger partial charge in [0.15, 0.2) is 4.80 Å². The van der Waals surface area contributed by atoms with E-state index in [0.29, 0.717) is 16.9 Å². The van der Waals surface area contributed by atoms with Crippen molar-refractivity contribution in [3.8, 4) is 0 Å². The number of hydrogen-bond acceptors (Lipinski definition) is 4. The van der Waals surface area contributed by atoms with Crippen molar-refractivity contribution in [2.24, 2.45) is 12.0 Å². The molecule has 3 rings (SSSR count). The van der Waals surface area contributed by atoms with Crippen LogP contribution in [0.4, 0.5) is 0 Å². The Labute approximate surface area is 181 Å². The topological polar surface area (TPSA) is 71.7 Å². The minimum atomic E-state index is -3.56. The quantitative estimate of drug-likeness (QED) is 0.575. The van der Waals surface area contributed by atoms with Gasteiger partial charge in [-0.05, 0) is 55.7 Å². The molecule has 0 atom stereocenters. The minimum Gasteiger partial charge on any atom is -0.319 e. The molecule has 3 aromatic rings. The van der Waals surface area contributed by atoms with Crippen LogP contribution in [0.5, 0.6) is 0 Å². The summed E-state index contributed by atoms with van der Waals surface area (Å²) in [6, 6.07) is 10.1. The molecule has 0 spiro atoms. The van der Waals surface area contributed by atoms with Crippen LogP contribution in [-0.4, -0.2) is 36.8 Å². The second-order valence-corrected chi connectivity index (χ2v) is 10.5. The van der Waals surface area contributed by atoms with Crippen LogP contribution in [-0.2, 0) is 17.1 Å². The lowest BCUT2D eigenvalue weighted by molar-refractivity contribution is 0.0998. The number of unbranched alkanes of at least 4 members (excludes halogenated alkanes) is 1. The molecule has 0 saturated carbocycles. The third kappa shape index (κ3) is 4.26. The predicted octanol–water partition coefficient (Wildman–Crippen LogP) is 4.02. The molecular weight excluding hydrogens is 418 g/mol. The van der Waals surface area contributed by atoms with Crippen LogP contribution in [0.25, 0.3) is 10.2 Å². The van der Waals surface area contributed by atoms with Crippen molar-refractivity contribution in [2.45, 2.75) is 38.5 Å². The number of aromatic nitrogens is 1. The summed E-state index contributed by atoms with van der Waals surface area (Å²) in [5, 5.41) is 0. The SMILES string of the molecule is CCCCN(C)S(=O)(=O)c1ccc(C(=O)N=c2sc3c(C)ccc(C)c3n2C)cc1. The highest BCUT2D eigenvalue weighted by Gasteiger charge is 2.20. The van der Waals surface area contributed by atoms with Gasteiger partial charge < -0.3 is 4.57 Å². The summed E-state index contributed by atoms with van der Waals surface area (Å²) in [5.41, 5.74) is 3.70. The third-order valence-electron chi connectivity index (χ3n) is 5.18. The average molecular weight is 446 g/mol. The normalized spacial score (nSPS) is 12.8. The van der Waals surface area contributed by atoms with Gasteiger partial charge in [-0.2, -0.15) is 4.99 Å². The zero-order valence-electron chi connectivity index (χ0n) is 18.0. The molecule has 0 radical (unpaired) electrons. The summed E-state index contributed by atoms with van der Waals surface area (Å²) in [6.07, 6.45) is 1.72. The molecule has 0 aliphatic carbocycles. The molecule has 8 heteroatoms. The predicted molar refractivity (Wildman–Crippen MR) is 121 cm³/mol. The van der Waals surface area contributed by atoms with E-state index in [1.807, 2.05) is 32.4 Å². The summed E-state index contributed by atoms with van der Waals surface area (Å²) in [4.78, 5) is 17.8. The Bertz CT molecular complexity index is 1250. The number of fused-ring (bicyclic) bond motifs is 1. The number of aryl methyl sites for hydroxylation is 3. The molecule has 6 nitrogen and oxygen atoms in total. The van der Waals surface area contributed by atoms with E-state index in [-0.39, 0.29) is 4.90 Å². The van der Waals surface area contributed by atoms with Gasteiger partial charge in [0.1, 0.15) is 0 Å². The van der Waals surface area contributed by atoms with Crippen molar-refractivity contribution in [3.63, 3.8) is 0 Å².